The van der Waals surface area contributed by atoms with Crippen LogP contribution in [0.4, 0.5) is 11.4 Å². The van der Waals surface area contributed by atoms with E-state index in [4.69, 9.17) is 24.4 Å². The second-order valence-electron chi connectivity index (χ2n) is 6.80. The molecule has 4 aromatic carbocycles. The molecule has 37 heavy (non-hydrogen) atoms. The van der Waals surface area contributed by atoms with Crippen molar-refractivity contribution in [3.05, 3.63) is 132 Å². The van der Waals surface area contributed by atoms with Crippen LogP contribution in [0.5, 0.6) is 0 Å². The van der Waals surface area contributed by atoms with Crippen LogP contribution < -0.4 is 21.6 Å². The quantitative estimate of drug-likeness (QED) is 0.107. The first-order valence-electron chi connectivity index (χ1n) is 10.7. The van der Waals surface area contributed by atoms with Crippen molar-refractivity contribution in [2.45, 2.75) is 0 Å². The third kappa shape index (κ3) is 12.5. The summed E-state index contributed by atoms with van der Waals surface area (Å²) in [6, 6.07) is 37.7. The van der Waals surface area contributed by atoms with Crippen molar-refractivity contribution in [1.29, 1.82) is 0 Å². The van der Waals surface area contributed by atoms with Crippen LogP contribution in [0.25, 0.3) is 0 Å². The molecule has 0 bridgehead atoms. The molecule has 189 valence electrons. The van der Waals surface area contributed by atoms with Crippen LogP contribution in [0.1, 0.15) is 0 Å². The molecule has 0 fully saturated rings. The molecule has 0 saturated carbocycles. The van der Waals surface area contributed by atoms with E-state index in [9.17, 15) is 0 Å². The molecule has 1 radical (unpaired) electrons. The van der Waals surface area contributed by atoms with Crippen molar-refractivity contribution in [3.8, 4) is 0 Å². The Morgan fingerprint density at radius 2 is 0.892 bits per heavy atom. The fourth-order valence-corrected chi connectivity index (χ4v) is 2.64. The normalized spacial score (nSPS) is 9.95. The molecular weight excluding hydrogens is 552 g/mol. The molecule has 0 spiro atoms. The summed E-state index contributed by atoms with van der Waals surface area (Å²) in [5.41, 5.74) is 6.83. The summed E-state index contributed by atoms with van der Waals surface area (Å²) < 4.78 is 0. The van der Waals surface area contributed by atoms with Gasteiger partial charge in [0, 0.05) is 0 Å². The molecule has 4 rings (SSSR count). The van der Waals surface area contributed by atoms with E-state index in [0.29, 0.717) is 0 Å². The minimum absolute atomic E-state index is 0. The van der Waals surface area contributed by atoms with E-state index in [-0.39, 0.29) is 27.3 Å². The van der Waals surface area contributed by atoms with E-state index in [1.54, 1.807) is 0 Å². The summed E-state index contributed by atoms with van der Waals surface area (Å²) in [6.07, 6.45) is 0. The molecule has 0 aliphatic heterocycles. The maximum Gasteiger partial charge on any atom is 2.00 e. The van der Waals surface area contributed by atoms with Crippen LogP contribution in [-0.2, 0) is 17.1 Å². The summed E-state index contributed by atoms with van der Waals surface area (Å²) in [7, 11) is 0. The zero-order valence-electron chi connectivity index (χ0n) is 19.3. The second-order valence-corrected chi connectivity index (χ2v) is 7.57. The van der Waals surface area contributed by atoms with E-state index >= 15 is 0 Å². The monoisotopic (exact) mass is 573 g/mol. The summed E-state index contributed by atoms with van der Waals surface area (Å²) in [5.74, 6) is 0. The fraction of sp³-hybridized carbons (Fsp3) is 0. The number of para-hydroxylation sites is 2. The van der Waals surface area contributed by atoms with Crippen molar-refractivity contribution < 1.29 is 17.1 Å². The molecule has 0 heterocycles. The van der Waals surface area contributed by atoms with Crippen molar-refractivity contribution in [1.82, 2.24) is 10.9 Å². The summed E-state index contributed by atoms with van der Waals surface area (Å²) in [5, 5.41) is 25.9. The molecule has 0 aliphatic carbocycles. The van der Waals surface area contributed by atoms with Crippen LogP contribution in [0, 0.1) is 0 Å². The zero-order valence-corrected chi connectivity index (χ0v) is 21.9. The van der Waals surface area contributed by atoms with Gasteiger partial charge < -0.3 is 0 Å². The van der Waals surface area contributed by atoms with E-state index in [1.165, 1.54) is 0 Å². The minimum Gasteiger partial charge on any atom is -0.252 e. The Labute approximate surface area is 235 Å². The molecule has 0 aliphatic rings. The van der Waals surface area contributed by atoms with Gasteiger partial charge in [-0.2, -0.15) is 36.4 Å². The van der Waals surface area contributed by atoms with Gasteiger partial charge in [-0.1, -0.05) is 36.4 Å². The Hall–Kier alpha value is -4.02. The van der Waals surface area contributed by atoms with Gasteiger partial charge in [0.05, 0.1) is 11.4 Å². The molecule has 0 aromatic heterocycles. The molecule has 0 amide bonds. The van der Waals surface area contributed by atoms with Crippen LogP contribution in [-0.4, -0.2) is 10.2 Å². The summed E-state index contributed by atoms with van der Waals surface area (Å²) >= 11 is 9.97. The van der Waals surface area contributed by atoms with Crippen molar-refractivity contribution in [2.24, 2.45) is 30.7 Å². The molecule has 4 aromatic rings. The number of benzene rings is 4. The van der Waals surface area contributed by atoms with E-state index in [1.807, 2.05) is 121 Å². The number of hydrogen-bond donors (Lipinski definition) is 2. The van der Waals surface area contributed by atoms with Gasteiger partial charge in [-0.3, -0.25) is 10.9 Å². The first-order valence-corrected chi connectivity index (χ1v) is 11.6. The predicted octanol–water partition coefficient (Wildman–Crippen LogP) is 5.76. The number of thiocarbonyl (C=S) groups is 2. The predicted molar refractivity (Wildman–Crippen MR) is 149 cm³/mol. The van der Waals surface area contributed by atoms with E-state index in [0.717, 1.165) is 22.1 Å². The van der Waals surface area contributed by atoms with Crippen molar-refractivity contribution in [2.75, 3.05) is 0 Å². The first kappa shape index (κ1) is 29.2. The molecule has 0 atom stereocenters. The Morgan fingerprint density at radius 1 is 0.541 bits per heavy atom. The minimum atomic E-state index is 0. The number of azo groups is 2. The molecule has 11 heteroatoms. The van der Waals surface area contributed by atoms with Gasteiger partial charge in [0.25, 0.3) is 0 Å². The number of nitrogens with one attached hydrogen (secondary N) is 2. The number of rotatable bonds is 4. The largest absolute Gasteiger partial charge is 2.00 e. The van der Waals surface area contributed by atoms with Crippen LogP contribution in [0.2, 0.25) is 0 Å². The van der Waals surface area contributed by atoms with Crippen molar-refractivity contribution in [3.63, 3.8) is 0 Å². The zero-order chi connectivity index (χ0) is 25.3. The smallest absolute Gasteiger partial charge is 0.252 e. The maximum absolute atomic E-state index is 4.99. The fourth-order valence-electron chi connectivity index (χ4n) is 2.47. The van der Waals surface area contributed by atoms with Crippen molar-refractivity contribution >= 4 is 46.0 Å². The summed E-state index contributed by atoms with van der Waals surface area (Å²) in [4.78, 5) is 0. The Balaban J connectivity index is 0.000000253. The Kier molecular flexibility index (Phi) is 13.7. The first-order chi connectivity index (χ1) is 17.7. The van der Waals surface area contributed by atoms with Gasteiger partial charge in [-0.05, 0) is 59.4 Å². The van der Waals surface area contributed by atoms with Gasteiger partial charge in [0.15, 0.2) is 0 Å². The topological polar surface area (TPSA) is 98.2 Å². The van der Waals surface area contributed by atoms with Crippen LogP contribution in [0.15, 0.2) is 152 Å². The van der Waals surface area contributed by atoms with Gasteiger partial charge in [0.1, 0.15) is 0 Å². The van der Waals surface area contributed by atoms with Crippen LogP contribution in [0.3, 0.4) is 0 Å². The molecular formula is C26H22CuN8S2. The third-order valence-corrected chi connectivity index (χ3v) is 4.44. The molecule has 2 N–H and O–H groups in total. The number of nitrogens with zero attached hydrogens (tertiary/aromatic N) is 6. The summed E-state index contributed by atoms with van der Waals surface area (Å²) in [6.45, 7) is 0. The average Bonchev–Trinajstić information content (AvgIpc) is 2.95. The molecule has 0 unspecified atom stereocenters. The van der Waals surface area contributed by atoms with Crippen LogP contribution >= 0.6 is 24.4 Å². The molecule has 8 nitrogen and oxygen atoms in total. The third-order valence-electron chi connectivity index (χ3n) is 4.10. The van der Waals surface area contributed by atoms with Gasteiger partial charge in [0.2, 0.25) is 10.2 Å². The van der Waals surface area contributed by atoms with Gasteiger partial charge >= 0.3 is 17.1 Å². The Morgan fingerprint density at radius 3 is 1.24 bits per heavy atom. The van der Waals surface area contributed by atoms with E-state index < -0.39 is 0 Å². The average molecular weight is 574 g/mol. The van der Waals surface area contributed by atoms with Gasteiger partial charge in [-0.15, -0.1) is 44.7 Å². The molecule has 0 saturated heterocycles. The number of hydrogen-bond acceptors (Lipinski definition) is 6. The van der Waals surface area contributed by atoms with Gasteiger partial charge in [-0.25, -0.2) is 10.2 Å². The second kappa shape index (κ2) is 17.4. The Bertz CT molecular complexity index is 1290. The standard InChI is InChI=1S/2C13H11N4S.Cu/c2*18-13(16-14-11-7-3-1-4-8-11)17-15-12-9-5-2-6-10-12;/h2*1-10H,(H,16,18);/q2*-1;+2. The SMILES string of the molecule is S=C(N=Nc1ccccc1)NN=c1cc[cH-]cc1.S=C(N=Nc1ccccc1)NN=c1cc[cH-]cc1.[Cu+2]. The van der Waals surface area contributed by atoms with E-state index in [2.05, 4.69) is 41.5 Å². The maximum atomic E-state index is 4.99.